The first-order valence-electron chi connectivity index (χ1n) is 5.41. The lowest BCUT2D eigenvalue weighted by atomic mass is 10.0. The van der Waals surface area contributed by atoms with Crippen molar-refractivity contribution in [3.05, 3.63) is 63.4 Å². The van der Waals surface area contributed by atoms with Crippen molar-refractivity contribution in [2.24, 2.45) is 0 Å². The highest BCUT2D eigenvalue weighted by Crippen LogP contribution is 2.36. The molecule has 3 heteroatoms. The molecule has 0 N–H and O–H groups in total. The van der Waals surface area contributed by atoms with E-state index in [2.05, 4.69) is 28.1 Å². The van der Waals surface area contributed by atoms with Gasteiger partial charge in [0.25, 0.3) is 0 Å². The minimum Gasteiger partial charge on any atom is -0.206 e. The van der Waals surface area contributed by atoms with Crippen LogP contribution >= 0.6 is 27.7 Å². The van der Waals surface area contributed by atoms with E-state index in [4.69, 9.17) is 0 Å². The quantitative estimate of drug-likeness (QED) is 0.674. The van der Waals surface area contributed by atoms with E-state index in [0.717, 1.165) is 27.1 Å². The highest BCUT2D eigenvalue weighted by molar-refractivity contribution is 9.10. The van der Waals surface area contributed by atoms with Gasteiger partial charge in [-0.15, -0.1) is 11.8 Å². The maximum Gasteiger partial charge on any atom is 0.137 e. The van der Waals surface area contributed by atoms with Crippen molar-refractivity contribution in [3.8, 4) is 0 Å². The molecule has 17 heavy (non-hydrogen) atoms. The lowest BCUT2D eigenvalue weighted by molar-refractivity contribution is 0.598. The summed E-state index contributed by atoms with van der Waals surface area (Å²) in [6.07, 6.45) is 0.822. The first-order chi connectivity index (χ1) is 8.24. The van der Waals surface area contributed by atoms with Gasteiger partial charge in [0, 0.05) is 15.1 Å². The molecule has 0 saturated heterocycles. The normalized spacial score (nSPS) is 13.8. The van der Waals surface area contributed by atoms with Crippen LogP contribution in [0.25, 0.3) is 0 Å². The fourth-order valence-corrected chi connectivity index (χ4v) is 3.62. The molecule has 0 bridgehead atoms. The monoisotopic (exact) mass is 308 g/mol. The average Bonchev–Trinajstić information content (AvgIpc) is 2.49. The Labute approximate surface area is 112 Å². The summed E-state index contributed by atoms with van der Waals surface area (Å²) in [6, 6.07) is 11.7. The fourth-order valence-electron chi connectivity index (χ4n) is 2.11. The highest BCUT2D eigenvalue weighted by atomic mass is 79.9. The van der Waals surface area contributed by atoms with Gasteiger partial charge >= 0.3 is 0 Å². The zero-order valence-electron chi connectivity index (χ0n) is 9.04. The molecule has 1 heterocycles. The van der Waals surface area contributed by atoms with Crippen molar-refractivity contribution in [1.29, 1.82) is 0 Å². The molecule has 0 nitrogen and oxygen atoms in total. The molecule has 2 aromatic rings. The van der Waals surface area contributed by atoms with Crippen LogP contribution in [0.4, 0.5) is 4.39 Å². The van der Waals surface area contributed by atoms with Crippen molar-refractivity contribution < 1.29 is 4.39 Å². The second kappa shape index (κ2) is 4.46. The Morgan fingerprint density at radius 3 is 2.82 bits per heavy atom. The van der Waals surface area contributed by atoms with Gasteiger partial charge in [-0.1, -0.05) is 34.1 Å². The summed E-state index contributed by atoms with van der Waals surface area (Å²) in [5.74, 6) is 0.738. The lowest BCUT2D eigenvalue weighted by Gasteiger charge is -2.05. The molecular formula is C14H10BrFS. The molecule has 2 aromatic carbocycles. The number of fused-ring (bicyclic) bond motifs is 2. The molecule has 0 aliphatic carbocycles. The van der Waals surface area contributed by atoms with Crippen LogP contribution in [0, 0.1) is 5.82 Å². The van der Waals surface area contributed by atoms with Crippen molar-refractivity contribution in [3.63, 3.8) is 0 Å². The van der Waals surface area contributed by atoms with E-state index in [9.17, 15) is 4.39 Å². The number of hydrogen-bond donors (Lipinski definition) is 0. The van der Waals surface area contributed by atoms with Gasteiger partial charge in [0.15, 0.2) is 0 Å². The molecule has 0 atom stereocenters. The Morgan fingerprint density at radius 1 is 1.06 bits per heavy atom. The van der Waals surface area contributed by atoms with Crippen molar-refractivity contribution in [2.75, 3.05) is 0 Å². The fraction of sp³-hybridized carbons (Fsp3) is 0.143. The third-order valence-corrected chi connectivity index (χ3v) is 4.66. The third kappa shape index (κ3) is 2.14. The zero-order valence-corrected chi connectivity index (χ0v) is 11.4. The average molecular weight is 309 g/mol. The molecular weight excluding hydrogens is 299 g/mol. The van der Waals surface area contributed by atoms with E-state index in [0.29, 0.717) is 0 Å². The summed E-state index contributed by atoms with van der Waals surface area (Å²) in [5, 5.41) is 0. The number of thioether (sulfide) groups is 1. The van der Waals surface area contributed by atoms with Crippen molar-refractivity contribution in [2.45, 2.75) is 17.1 Å². The van der Waals surface area contributed by atoms with Gasteiger partial charge < -0.3 is 0 Å². The summed E-state index contributed by atoms with van der Waals surface area (Å²) in [7, 11) is 0. The third-order valence-electron chi connectivity index (χ3n) is 2.97. The van der Waals surface area contributed by atoms with Crippen molar-refractivity contribution in [1.82, 2.24) is 0 Å². The first-order valence-corrected chi connectivity index (χ1v) is 7.19. The minimum absolute atomic E-state index is 0.0978. The zero-order chi connectivity index (χ0) is 11.8. The lowest BCUT2D eigenvalue weighted by Crippen LogP contribution is -1.92. The van der Waals surface area contributed by atoms with E-state index >= 15 is 0 Å². The molecule has 1 aliphatic heterocycles. The van der Waals surface area contributed by atoms with Crippen LogP contribution < -0.4 is 0 Å². The number of rotatable bonds is 0. The van der Waals surface area contributed by atoms with Crippen LogP contribution in [0.5, 0.6) is 0 Å². The molecule has 0 radical (unpaired) electrons. The Balaban J connectivity index is 2.10. The number of halogens is 2. The summed E-state index contributed by atoms with van der Waals surface area (Å²) in [5.41, 5.74) is 3.68. The summed E-state index contributed by atoms with van der Waals surface area (Å²) in [6.45, 7) is 0. The van der Waals surface area contributed by atoms with E-state index in [1.54, 1.807) is 17.8 Å². The topological polar surface area (TPSA) is 0 Å². The van der Waals surface area contributed by atoms with Crippen LogP contribution in [0.2, 0.25) is 0 Å². The second-order valence-electron chi connectivity index (χ2n) is 4.11. The van der Waals surface area contributed by atoms with Gasteiger partial charge in [0.05, 0.1) is 0 Å². The van der Waals surface area contributed by atoms with Gasteiger partial charge in [-0.2, -0.15) is 0 Å². The number of hydrogen-bond acceptors (Lipinski definition) is 1. The largest absolute Gasteiger partial charge is 0.206 e. The van der Waals surface area contributed by atoms with Crippen molar-refractivity contribution >= 4 is 27.7 Å². The van der Waals surface area contributed by atoms with E-state index in [1.807, 2.05) is 12.1 Å². The summed E-state index contributed by atoms with van der Waals surface area (Å²) in [4.78, 5) is 0.805. The van der Waals surface area contributed by atoms with Crippen LogP contribution in [-0.4, -0.2) is 0 Å². The SMILES string of the molecule is Fc1cccc2c1SCc1cc(Br)ccc1C2. The van der Waals surface area contributed by atoms with Gasteiger partial charge in [-0.3, -0.25) is 0 Å². The Hall–Kier alpha value is -0.800. The molecule has 3 rings (SSSR count). The molecule has 0 unspecified atom stereocenters. The predicted molar refractivity (Wildman–Crippen MR) is 72.9 cm³/mol. The maximum absolute atomic E-state index is 13.7. The van der Waals surface area contributed by atoms with E-state index < -0.39 is 0 Å². The molecule has 0 spiro atoms. The Bertz CT molecular complexity index is 580. The van der Waals surface area contributed by atoms with Gasteiger partial charge in [0.2, 0.25) is 0 Å². The molecule has 0 saturated carbocycles. The minimum atomic E-state index is -0.0978. The van der Waals surface area contributed by atoms with Gasteiger partial charge in [-0.05, 0) is 41.3 Å². The molecule has 1 aliphatic rings. The predicted octanol–water partition coefficient (Wildman–Crippen LogP) is 4.78. The second-order valence-corrected chi connectivity index (χ2v) is 6.01. The maximum atomic E-state index is 13.7. The van der Waals surface area contributed by atoms with E-state index in [1.165, 1.54) is 17.2 Å². The van der Waals surface area contributed by atoms with Crippen LogP contribution in [-0.2, 0) is 12.2 Å². The molecule has 0 aromatic heterocycles. The van der Waals surface area contributed by atoms with Gasteiger partial charge in [0.1, 0.15) is 5.82 Å². The summed E-state index contributed by atoms with van der Waals surface area (Å²) < 4.78 is 14.8. The Morgan fingerprint density at radius 2 is 1.94 bits per heavy atom. The summed E-state index contributed by atoms with van der Waals surface area (Å²) >= 11 is 5.07. The number of benzene rings is 2. The molecule has 86 valence electrons. The highest BCUT2D eigenvalue weighted by Gasteiger charge is 2.16. The van der Waals surface area contributed by atoms with Crippen LogP contribution in [0.15, 0.2) is 45.8 Å². The standard InChI is InChI=1S/C14H10BrFS/c15-12-5-4-9-6-10-2-1-3-13(16)14(10)17-8-11(9)7-12/h1-5,7H,6,8H2. The van der Waals surface area contributed by atoms with E-state index in [-0.39, 0.29) is 5.82 Å². The first kappa shape index (κ1) is 11.3. The van der Waals surface area contributed by atoms with Gasteiger partial charge in [-0.25, -0.2) is 4.39 Å². The smallest absolute Gasteiger partial charge is 0.137 e. The van der Waals surface area contributed by atoms with Crippen LogP contribution in [0.3, 0.4) is 0 Å². The molecule has 0 amide bonds. The Kier molecular flexibility index (Phi) is 2.97. The molecule has 0 fully saturated rings. The van der Waals surface area contributed by atoms with Crippen LogP contribution in [0.1, 0.15) is 16.7 Å².